The summed E-state index contributed by atoms with van der Waals surface area (Å²) in [6.45, 7) is 5.73. The molecule has 1 N–H and O–H groups in total. The van der Waals surface area contributed by atoms with E-state index in [4.69, 9.17) is 9.26 Å². The van der Waals surface area contributed by atoms with Crippen molar-refractivity contribution in [1.82, 2.24) is 15.5 Å². The van der Waals surface area contributed by atoms with Gasteiger partial charge in [-0.2, -0.15) is 4.98 Å². The molecule has 6 heteroatoms. The average molecular weight is 373 g/mol. The van der Waals surface area contributed by atoms with E-state index in [-0.39, 0.29) is 17.8 Å². The van der Waals surface area contributed by atoms with Crippen molar-refractivity contribution in [2.75, 3.05) is 13.2 Å². The van der Waals surface area contributed by atoms with Crippen LogP contribution >= 0.6 is 0 Å². The molecule has 1 aliphatic heterocycles. The Hall–Kier alpha value is -1.79. The van der Waals surface area contributed by atoms with Crippen molar-refractivity contribution in [2.24, 2.45) is 5.92 Å². The highest BCUT2D eigenvalue weighted by molar-refractivity contribution is 5.23. The van der Waals surface area contributed by atoms with Gasteiger partial charge in [-0.15, -0.1) is 0 Å². The molecule has 4 rings (SSSR count). The molecule has 0 spiro atoms. The van der Waals surface area contributed by atoms with E-state index in [1.54, 1.807) is 12.1 Å². The minimum atomic E-state index is -0.176. The monoisotopic (exact) mass is 373 g/mol. The number of hydrogen-bond acceptors (Lipinski definition) is 5. The summed E-state index contributed by atoms with van der Waals surface area (Å²) in [6.07, 6.45) is 4.11. The van der Waals surface area contributed by atoms with E-state index in [0.717, 1.165) is 44.7 Å². The van der Waals surface area contributed by atoms with Crippen LogP contribution in [0.25, 0.3) is 0 Å². The Morgan fingerprint density at radius 3 is 2.44 bits per heavy atom. The number of rotatable bonds is 6. The summed E-state index contributed by atoms with van der Waals surface area (Å²) < 4.78 is 24.3. The minimum absolute atomic E-state index is 0.0769. The van der Waals surface area contributed by atoms with E-state index < -0.39 is 0 Å². The summed E-state index contributed by atoms with van der Waals surface area (Å²) in [6, 6.07) is 7.40. The van der Waals surface area contributed by atoms with Gasteiger partial charge in [-0.25, -0.2) is 4.39 Å². The molecule has 1 aromatic carbocycles. The molecule has 1 saturated carbocycles. The highest BCUT2D eigenvalue weighted by Gasteiger charge is 2.37. The second-order valence-electron chi connectivity index (χ2n) is 8.16. The number of aromatic nitrogens is 2. The largest absolute Gasteiger partial charge is 0.381 e. The fraction of sp³-hybridized carbons (Fsp3) is 0.619. The maximum atomic E-state index is 13.1. The van der Waals surface area contributed by atoms with Crippen LogP contribution in [-0.2, 0) is 4.74 Å². The van der Waals surface area contributed by atoms with E-state index in [1.165, 1.54) is 5.56 Å². The fourth-order valence-electron chi connectivity index (χ4n) is 4.08. The number of nitrogens with one attached hydrogen (secondary N) is 1. The van der Waals surface area contributed by atoms with Crippen LogP contribution in [0.15, 0.2) is 28.8 Å². The lowest BCUT2D eigenvalue weighted by Crippen LogP contribution is -2.45. The van der Waals surface area contributed by atoms with E-state index in [2.05, 4.69) is 29.3 Å². The van der Waals surface area contributed by atoms with Gasteiger partial charge in [0, 0.05) is 25.2 Å². The van der Waals surface area contributed by atoms with E-state index in [0.29, 0.717) is 23.8 Å². The van der Waals surface area contributed by atoms with Gasteiger partial charge in [0.25, 0.3) is 0 Å². The van der Waals surface area contributed by atoms with Gasteiger partial charge >= 0.3 is 0 Å². The normalized spacial score (nSPS) is 24.7. The molecule has 0 unspecified atom stereocenters. The summed E-state index contributed by atoms with van der Waals surface area (Å²) >= 11 is 0. The minimum Gasteiger partial charge on any atom is -0.381 e. The molecule has 1 atom stereocenters. The first kappa shape index (κ1) is 18.6. The van der Waals surface area contributed by atoms with Gasteiger partial charge in [0.05, 0.1) is 6.04 Å². The lowest BCUT2D eigenvalue weighted by Gasteiger charge is -2.40. The molecule has 0 bridgehead atoms. The summed E-state index contributed by atoms with van der Waals surface area (Å²) in [5.74, 6) is 2.49. The van der Waals surface area contributed by atoms with Crippen molar-refractivity contribution >= 4 is 0 Å². The SMILES string of the molecule is CC(C)c1noc([C@@H](NC2CC(c3ccc(F)cc3)C2)C2CCOCC2)n1. The first-order chi connectivity index (χ1) is 13.1. The fourth-order valence-corrected chi connectivity index (χ4v) is 4.08. The van der Waals surface area contributed by atoms with Gasteiger partial charge in [-0.1, -0.05) is 31.1 Å². The van der Waals surface area contributed by atoms with Gasteiger partial charge in [0.2, 0.25) is 5.89 Å². The van der Waals surface area contributed by atoms with Crippen molar-refractivity contribution in [3.8, 4) is 0 Å². The Kier molecular flexibility index (Phi) is 5.55. The summed E-state index contributed by atoms with van der Waals surface area (Å²) in [4.78, 5) is 4.66. The number of hydrogen-bond donors (Lipinski definition) is 1. The zero-order chi connectivity index (χ0) is 18.8. The number of nitrogens with zero attached hydrogens (tertiary/aromatic N) is 2. The van der Waals surface area contributed by atoms with Crippen LogP contribution in [0.4, 0.5) is 4.39 Å². The number of benzene rings is 1. The Morgan fingerprint density at radius 2 is 1.81 bits per heavy atom. The molecule has 1 aromatic heterocycles. The lowest BCUT2D eigenvalue weighted by molar-refractivity contribution is 0.0436. The molecular weight excluding hydrogens is 345 g/mol. The molecule has 0 radical (unpaired) electrons. The maximum Gasteiger partial charge on any atom is 0.244 e. The topological polar surface area (TPSA) is 60.2 Å². The van der Waals surface area contributed by atoms with E-state index in [9.17, 15) is 4.39 Å². The highest BCUT2D eigenvalue weighted by Crippen LogP contribution is 2.40. The number of ether oxygens (including phenoxy) is 1. The molecule has 2 aliphatic rings. The van der Waals surface area contributed by atoms with Crippen LogP contribution in [0.5, 0.6) is 0 Å². The first-order valence-corrected chi connectivity index (χ1v) is 10.0. The molecule has 146 valence electrons. The second-order valence-corrected chi connectivity index (χ2v) is 8.16. The summed E-state index contributed by atoms with van der Waals surface area (Å²) in [7, 11) is 0. The predicted molar refractivity (Wildman–Crippen MR) is 100.0 cm³/mol. The maximum absolute atomic E-state index is 13.1. The van der Waals surface area contributed by atoms with Crippen molar-refractivity contribution in [3.63, 3.8) is 0 Å². The van der Waals surface area contributed by atoms with Crippen molar-refractivity contribution in [2.45, 2.75) is 63.5 Å². The van der Waals surface area contributed by atoms with Crippen LogP contribution in [0.3, 0.4) is 0 Å². The van der Waals surface area contributed by atoms with Crippen LogP contribution in [0.1, 0.15) is 74.7 Å². The quantitative estimate of drug-likeness (QED) is 0.816. The van der Waals surface area contributed by atoms with E-state index in [1.807, 2.05) is 12.1 Å². The van der Waals surface area contributed by atoms with Gasteiger partial charge in [0.15, 0.2) is 5.82 Å². The second kappa shape index (κ2) is 8.07. The number of halogens is 1. The Morgan fingerprint density at radius 1 is 1.11 bits per heavy atom. The molecule has 0 amide bonds. The molecule has 2 aromatic rings. The zero-order valence-electron chi connectivity index (χ0n) is 16.0. The third-order valence-electron chi connectivity index (χ3n) is 5.87. The first-order valence-electron chi connectivity index (χ1n) is 10.0. The zero-order valence-corrected chi connectivity index (χ0v) is 16.0. The molecule has 1 aliphatic carbocycles. The highest BCUT2D eigenvalue weighted by atomic mass is 19.1. The smallest absolute Gasteiger partial charge is 0.244 e. The Balaban J connectivity index is 1.42. The van der Waals surface area contributed by atoms with Gasteiger partial charge < -0.3 is 14.6 Å². The molecule has 27 heavy (non-hydrogen) atoms. The predicted octanol–water partition coefficient (Wildman–Crippen LogP) is 4.34. The Labute approximate surface area is 159 Å². The standard InChI is InChI=1S/C21H28FN3O2/c1-13(2)20-24-21(27-25-20)19(15-7-9-26-10-8-15)23-18-11-16(12-18)14-3-5-17(22)6-4-14/h3-6,13,15-16,18-19,23H,7-12H2,1-2H3/t16?,18?,19-/m0/s1. The lowest BCUT2D eigenvalue weighted by atomic mass is 9.75. The third-order valence-corrected chi connectivity index (χ3v) is 5.87. The summed E-state index contributed by atoms with van der Waals surface area (Å²) in [5.41, 5.74) is 1.22. The summed E-state index contributed by atoms with van der Waals surface area (Å²) in [5, 5.41) is 7.94. The van der Waals surface area contributed by atoms with Crippen molar-refractivity contribution in [1.29, 1.82) is 0 Å². The average Bonchev–Trinajstić information content (AvgIpc) is 3.13. The van der Waals surface area contributed by atoms with Crippen LogP contribution in [0.2, 0.25) is 0 Å². The van der Waals surface area contributed by atoms with Crippen LogP contribution < -0.4 is 5.32 Å². The van der Waals surface area contributed by atoms with Gasteiger partial charge in [-0.3, -0.25) is 0 Å². The third kappa shape index (κ3) is 4.22. The van der Waals surface area contributed by atoms with Crippen LogP contribution in [-0.4, -0.2) is 29.4 Å². The molecular formula is C21H28FN3O2. The van der Waals surface area contributed by atoms with Crippen molar-refractivity contribution < 1.29 is 13.7 Å². The molecule has 1 saturated heterocycles. The molecule has 2 fully saturated rings. The van der Waals surface area contributed by atoms with Gasteiger partial charge in [0.1, 0.15) is 5.82 Å². The molecule has 2 heterocycles. The van der Waals surface area contributed by atoms with Gasteiger partial charge in [-0.05, 0) is 55.2 Å². The molecule has 5 nitrogen and oxygen atoms in total. The van der Waals surface area contributed by atoms with Crippen LogP contribution in [0, 0.1) is 11.7 Å². The van der Waals surface area contributed by atoms with E-state index >= 15 is 0 Å². The Bertz CT molecular complexity index is 734. The van der Waals surface area contributed by atoms with Crippen molar-refractivity contribution in [3.05, 3.63) is 47.4 Å².